The lowest BCUT2D eigenvalue weighted by molar-refractivity contribution is 0.0787. The molecule has 0 bridgehead atoms. The molecule has 3 N–H and O–H groups in total. The maximum Gasteiger partial charge on any atom is 0.256 e. The molecule has 0 fully saturated rings. The van der Waals surface area contributed by atoms with E-state index in [0.29, 0.717) is 17.8 Å². The van der Waals surface area contributed by atoms with E-state index >= 15 is 0 Å². The highest BCUT2D eigenvalue weighted by atomic mass is 16.2. The lowest BCUT2D eigenvalue weighted by atomic mass is 10.1. The molecule has 108 valence electrons. The minimum absolute atomic E-state index is 0.0325. The number of nitrogens with one attached hydrogen (secondary N) is 1. The number of benzene rings is 1. The first-order chi connectivity index (χ1) is 10.0. The molecule has 0 aliphatic heterocycles. The quantitative estimate of drug-likeness (QED) is 0.719. The molecule has 2 heterocycles. The van der Waals surface area contributed by atoms with Crippen LogP contribution in [0.25, 0.3) is 10.9 Å². The Hall–Kier alpha value is -2.76. The number of nitrogens with two attached hydrogens (primary N) is 1. The van der Waals surface area contributed by atoms with E-state index in [0.717, 1.165) is 16.5 Å². The molecule has 3 rings (SSSR count). The standard InChI is InChI=1S/C15H17N5O/c1-19(8-10-6-18-20(2)9-10)15(21)13-7-17-14-5-11(16)3-4-12(13)14/h3-7,9,17H,8,16H2,1-2H3. The van der Waals surface area contributed by atoms with E-state index in [2.05, 4.69) is 10.1 Å². The molecule has 6 heteroatoms. The first-order valence-electron chi connectivity index (χ1n) is 6.64. The van der Waals surface area contributed by atoms with Crippen LogP contribution in [0, 0.1) is 0 Å². The summed E-state index contributed by atoms with van der Waals surface area (Å²) in [5, 5.41) is 4.99. The van der Waals surface area contributed by atoms with E-state index in [1.165, 1.54) is 0 Å². The van der Waals surface area contributed by atoms with Crippen LogP contribution in [-0.2, 0) is 13.6 Å². The average Bonchev–Trinajstić information content (AvgIpc) is 3.03. The number of nitrogens with zero attached hydrogens (tertiary/aromatic N) is 3. The monoisotopic (exact) mass is 283 g/mol. The Morgan fingerprint density at radius 3 is 3.00 bits per heavy atom. The van der Waals surface area contributed by atoms with Gasteiger partial charge in [0.25, 0.3) is 5.91 Å². The van der Waals surface area contributed by atoms with E-state index in [1.807, 2.05) is 25.4 Å². The Kier molecular flexibility index (Phi) is 3.13. The Morgan fingerprint density at radius 1 is 1.48 bits per heavy atom. The number of fused-ring (bicyclic) bond motifs is 1. The van der Waals surface area contributed by atoms with Crippen molar-refractivity contribution in [1.29, 1.82) is 0 Å². The van der Waals surface area contributed by atoms with Gasteiger partial charge in [0.2, 0.25) is 0 Å². The van der Waals surface area contributed by atoms with E-state index < -0.39 is 0 Å². The lowest BCUT2D eigenvalue weighted by Gasteiger charge is -2.15. The summed E-state index contributed by atoms with van der Waals surface area (Å²) >= 11 is 0. The maximum atomic E-state index is 12.6. The molecule has 0 spiro atoms. The van der Waals surface area contributed by atoms with Crippen molar-refractivity contribution < 1.29 is 4.79 Å². The van der Waals surface area contributed by atoms with Crippen LogP contribution in [0.2, 0.25) is 0 Å². The highest BCUT2D eigenvalue weighted by Gasteiger charge is 2.17. The summed E-state index contributed by atoms with van der Waals surface area (Å²) in [5.41, 5.74) is 8.94. The van der Waals surface area contributed by atoms with Crippen LogP contribution in [0.15, 0.2) is 36.8 Å². The highest BCUT2D eigenvalue weighted by Crippen LogP contribution is 2.22. The fraction of sp³-hybridized carbons (Fsp3) is 0.200. The van der Waals surface area contributed by atoms with Crippen LogP contribution in [0.1, 0.15) is 15.9 Å². The summed E-state index contributed by atoms with van der Waals surface area (Å²) in [6.45, 7) is 0.522. The number of aromatic nitrogens is 3. The van der Waals surface area contributed by atoms with Gasteiger partial charge in [-0.05, 0) is 18.2 Å². The third kappa shape index (κ3) is 2.47. The van der Waals surface area contributed by atoms with E-state index in [-0.39, 0.29) is 5.91 Å². The predicted octanol–water partition coefficient (Wildman–Crippen LogP) is 1.76. The second-order valence-corrected chi connectivity index (χ2v) is 5.19. The molecule has 0 radical (unpaired) electrons. The number of hydrogen-bond acceptors (Lipinski definition) is 3. The van der Waals surface area contributed by atoms with Crippen LogP contribution in [0.4, 0.5) is 5.69 Å². The smallest absolute Gasteiger partial charge is 0.256 e. The molecule has 0 unspecified atom stereocenters. The molecule has 0 aliphatic carbocycles. The Balaban J connectivity index is 1.86. The zero-order valence-corrected chi connectivity index (χ0v) is 12.0. The van der Waals surface area contributed by atoms with Gasteiger partial charge >= 0.3 is 0 Å². The van der Waals surface area contributed by atoms with Crippen molar-refractivity contribution in [2.45, 2.75) is 6.54 Å². The van der Waals surface area contributed by atoms with Gasteiger partial charge in [-0.15, -0.1) is 0 Å². The molecule has 0 saturated carbocycles. The Labute approximate surface area is 122 Å². The summed E-state index contributed by atoms with van der Waals surface area (Å²) in [6, 6.07) is 5.49. The number of hydrogen-bond donors (Lipinski definition) is 2. The fourth-order valence-corrected chi connectivity index (χ4v) is 2.43. The van der Waals surface area contributed by atoms with Crippen LogP contribution in [-0.4, -0.2) is 32.6 Å². The summed E-state index contributed by atoms with van der Waals surface area (Å²) in [5.74, 6) is -0.0325. The number of carbonyl (C=O) groups excluding carboxylic acids is 1. The third-order valence-electron chi connectivity index (χ3n) is 3.46. The van der Waals surface area contributed by atoms with Crippen LogP contribution in [0.5, 0.6) is 0 Å². The number of amides is 1. The molecule has 0 atom stereocenters. The molecule has 0 saturated heterocycles. The van der Waals surface area contributed by atoms with E-state index in [4.69, 9.17) is 5.73 Å². The number of aromatic amines is 1. The Bertz CT molecular complexity index is 801. The van der Waals surface area contributed by atoms with Gasteiger partial charge in [0.05, 0.1) is 11.8 Å². The van der Waals surface area contributed by atoms with Crippen molar-refractivity contribution in [2.24, 2.45) is 7.05 Å². The number of nitrogen functional groups attached to an aromatic ring is 1. The molecule has 21 heavy (non-hydrogen) atoms. The second kappa shape index (κ2) is 4.97. The van der Waals surface area contributed by atoms with Gasteiger partial charge in [-0.25, -0.2) is 0 Å². The van der Waals surface area contributed by atoms with Gasteiger partial charge in [-0.2, -0.15) is 5.10 Å². The average molecular weight is 283 g/mol. The first-order valence-corrected chi connectivity index (χ1v) is 6.64. The summed E-state index contributed by atoms with van der Waals surface area (Å²) in [6.07, 6.45) is 5.39. The molecule has 1 amide bonds. The van der Waals surface area contributed by atoms with Crippen molar-refractivity contribution in [3.63, 3.8) is 0 Å². The number of aryl methyl sites for hydroxylation is 1. The molecular weight excluding hydrogens is 266 g/mol. The van der Waals surface area contributed by atoms with Gasteiger partial charge in [0.1, 0.15) is 0 Å². The lowest BCUT2D eigenvalue weighted by Crippen LogP contribution is -2.25. The number of anilines is 1. The van der Waals surface area contributed by atoms with Gasteiger partial charge in [0, 0.05) is 55.2 Å². The Morgan fingerprint density at radius 2 is 2.29 bits per heavy atom. The van der Waals surface area contributed by atoms with Gasteiger partial charge < -0.3 is 15.6 Å². The number of carbonyl (C=O) groups is 1. The number of rotatable bonds is 3. The normalized spacial score (nSPS) is 11.0. The molecule has 3 aromatic rings. The predicted molar refractivity (Wildman–Crippen MR) is 81.7 cm³/mol. The van der Waals surface area contributed by atoms with E-state index in [1.54, 1.807) is 35.1 Å². The SMILES string of the molecule is CN(Cc1cnn(C)c1)C(=O)c1c[nH]c2cc(N)ccc12. The van der Waals surface area contributed by atoms with Crippen LogP contribution in [0.3, 0.4) is 0 Å². The van der Waals surface area contributed by atoms with Crippen molar-refractivity contribution in [3.8, 4) is 0 Å². The van der Waals surface area contributed by atoms with Crippen molar-refractivity contribution >= 4 is 22.5 Å². The summed E-state index contributed by atoms with van der Waals surface area (Å²) in [4.78, 5) is 17.3. The summed E-state index contributed by atoms with van der Waals surface area (Å²) in [7, 11) is 3.64. The largest absolute Gasteiger partial charge is 0.399 e. The molecule has 0 aliphatic rings. The maximum absolute atomic E-state index is 12.6. The first kappa shape index (κ1) is 13.2. The highest BCUT2D eigenvalue weighted by molar-refractivity contribution is 6.07. The summed E-state index contributed by atoms with van der Waals surface area (Å²) < 4.78 is 1.72. The van der Waals surface area contributed by atoms with Gasteiger partial charge in [-0.3, -0.25) is 9.48 Å². The topological polar surface area (TPSA) is 79.9 Å². The zero-order chi connectivity index (χ0) is 15.0. The van der Waals surface area contributed by atoms with Crippen LogP contribution < -0.4 is 5.73 Å². The van der Waals surface area contributed by atoms with Crippen LogP contribution >= 0.6 is 0 Å². The van der Waals surface area contributed by atoms with Crippen molar-refractivity contribution in [1.82, 2.24) is 19.7 Å². The van der Waals surface area contributed by atoms with Crippen molar-refractivity contribution in [2.75, 3.05) is 12.8 Å². The molecule has 6 nitrogen and oxygen atoms in total. The third-order valence-corrected chi connectivity index (χ3v) is 3.46. The second-order valence-electron chi connectivity index (χ2n) is 5.19. The molecule has 2 aromatic heterocycles. The van der Waals surface area contributed by atoms with E-state index in [9.17, 15) is 4.79 Å². The minimum Gasteiger partial charge on any atom is -0.399 e. The van der Waals surface area contributed by atoms with Crippen molar-refractivity contribution in [3.05, 3.63) is 47.9 Å². The number of H-pyrrole nitrogens is 1. The minimum atomic E-state index is -0.0325. The molecule has 1 aromatic carbocycles. The van der Waals surface area contributed by atoms with Gasteiger partial charge in [-0.1, -0.05) is 0 Å². The zero-order valence-electron chi connectivity index (χ0n) is 12.0. The fourth-order valence-electron chi connectivity index (χ4n) is 2.43. The van der Waals surface area contributed by atoms with Gasteiger partial charge in [0.15, 0.2) is 0 Å². The molecular formula is C15H17N5O.